The van der Waals surface area contributed by atoms with Crippen molar-refractivity contribution in [1.29, 1.82) is 0 Å². The Morgan fingerprint density at radius 1 is 1.00 bits per heavy atom. The summed E-state index contributed by atoms with van der Waals surface area (Å²) >= 11 is 7.63. The van der Waals surface area contributed by atoms with Crippen molar-refractivity contribution in [2.24, 2.45) is 0 Å². The molecule has 0 fully saturated rings. The second kappa shape index (κ2) is 7.65. The van der Waals surface area contributed by atoms with Crippen molar-refractivity contribution in [3.63, 3.8) is 0 Å². The van der Waals surface area contributed by atoms with Gasteiger partial charge in [-0.25, -0.2) is 15.0 Å². The summed E-state index contributed by atoms with van der Waals surface area (Å²) < 4.78 is 0. The molecule has 4 rings (SSSR count). The van der Waals surface area contributed by atoms with Crippen molar-refractivity contribution in [3.05, 3.63) is 83.1 Å². The van der Waals surface area contributed by atoms with E-state index in [1.54, 1.807) is 6.20 Å². The first-order valence-electron chi connectivity index (χ1n) is 8.11. The maximum atomic E-state index is 12.8. The van der Waals surface area contributed by atoms with E-state index in [9.17, 15) is 4.79 Å². The van der Waals surface area contributed by atoms with Crippen LogP contribution in [0, 0.1) is 0 Å². The predicted octanol–water partition coefficient (Wildman–Crippen LogP) is 5.17. The van der Waals surface area contributed by atoms with Crippen molar-refractivity contribution >= 4 is 34.5 Å². The third-order valence-electron chi connectivity index (χ3n) is 3.80. The molecule has 0 unspecified atom stereocenters. The van der Waals surface area contributed by atoms with E-state index in [0.717, 1.165) is 16.1 Å². The van der Waals surface area contributed by atoms with E-state index in [-0.39, 0.29) is 16.8 Å². The molecule has 0 saturated carbocycles. The molecule has 2 aromatic carbocycles. The summed E-state index contributed by atoms with van der Waals surface area (Å²) in [4.78, 5) is 25.7. The van der Waals surface area contributed by atoms with Crippen LogP contribution < -0.4 is 5.32 Å². The van der Waals surface area contributed by atoms with Crippen LogP contribution in [-0.2, 0) is 0 Å². The Balaban J connectivity index is 1.66. The lowest BCUT2D eigenvalue weighted by Gasteiger charge is -2.10. The van der Waals surface area contributed by atoms with Crippen molar-refractivity contribution in [1.82, 2.24) is 15.0 Å². The number of nitrogens with one attached hydrogen (secondary N) is 1. The number of benzene rings is 2. The summed E-state index contributed by atoms with van der Waals surface area (Å²) in [5.41, 5.74) is 2.50. The van der Waals surface area contributed by atoms with Crippen molar-refractivity contribution in [2.45, 2.75) is 0 Å². The number of hydrogen-bond donors (Lipinski definition) is 1. The van der Waals surface area contributed by atoms with Gasteiger partial charge in [-0.1, -0.05) is 54.1 Å². The highest BCUT2D eigenvalue weighted by atomic mass is 35.5. The summed E-state index contributed by atoms with van der Waals surface area (Å²) in [6, 6.07) is 18.3. The van der Waals surface area contributed by atoms with E-state index in [4.69, 9.17) is 11.6 Å². The molecule has 0 aliphatic heterocycles. The zero-order valence-electron chi connectivity index (χ0n) is 14.0. The van der Waals surface area contributed by atoms with Crippen LogP contribution in [0.25, 0.3) is 22.0 Å². The van der Waals surface area contributed by atoms with Gasteiger partial charge < -0.3 is 5.32 Å². The molecule has 27 heavy (non-hydrogen) atoms. The molecule has 0 atom stereocenters. The number of anilines is 1. The SMILES string of the molecule is O=C(Nc1ccccc1-c1nccs1)c1cc(Cl)nc(-c2ccccc2)n1. The zero-order valence-corrected chi connectivity index (χ0v) is 15.5. The number of nitrogens with zero attached hydrogens (tertiary/aromatic N) is 3. The Labute approximate surface area is 164 Å². The lowest BCUT2D eigenvalue weighted by Crippen LogP contribution is -2.15. The Morgan fingerprint density at radius 2 is 1.78 bits per heavy atom. The number of amides is 1. The van der Waals surface area contributed by atoms with E-state index in [1.807, 2.05) is 60.0 Å². The fourth-order valence-electron chi connectivity index (χ4n) is 2.57. The minimum absolute atomic E-state index is 0.197. The normalized spacial score (nSPS) is 10.6. The third-order valence-corrected chi connectivity index (χ3v) is 4.80. The fraction of sp³-hybridized carbons (Fsp3) is 0. The number of carbonyl (C=O) groups is 1. The van der Waals surface area contributed by atoms with Gasteiger partial charge in [-0.2, -0.15) is 0 Å². The summed E-state index contributed by atoms with van der Waals surface area (Å²) in [6.45, 7) is 0. The van der Waals surface area contributed by atoms with Gasteiger partial charge in [0.1, 0.15) is 15.9 Å². The van der Waals surface area contributed by atoms with Crippen molar-refractivity contribution < 1.29 is 4.79 Å². The lowest BCUT2D eigenvalue weighted by atomic mass is 10.2. The van der Waals surface area contributed by atoms with E-state index in [1.165, 1.54) is 17.4 Å². The number of thiazole rings is 1. The van der Waals surface area contributed by atoms with Crippen LogP contribution in [0.3, 0.4) is 0 Å². The number of halogens is 1. The first-order valence-corrected chi connectivity index (χ1v) is 9.37. The third kappa shape index (κ3) is 3.86. The molecular weight excluding hydrogens is 380 g/mol. The molecule has 5 nitrogen and oxygen atoms in total. The molecule has 2 aromatic heterocycles. The second-order valence-corrected chi connectivity index (χ2v) is 6.88. The molecule has 0 aliphatic carbocycles. The highest BCUT2D eigenvalue weighted by Crippen LogP contribution is 2.29. The van der Waals surface area contributed by atoms with Gasteiger partial charge in [0, 0.05) is 28.8 Å². The highest BCUT2D eigenvalue weighted by Gasteiger charge is 2.15. The van der Waals surface area contributed by atoms with Crippen LogP contribution in [0.15, 0.2) is 72.2 Å². The van der Waals surface area contributed by atoms with Gasteiger partial charge in [0.2, 0.25) is 0 Å². The topological polar surface area (TPSA) is 67.8 Å². The van der Waals surface area contributed by atoms with E-state index < -0.39 is 0 Å². The lowest BCUT2D eigenvalue weighted by molar-refractivity contribution is 0.102. The molecular formula is C20H13ClN4OS. The van der Waals surface area contributed by atoms with Crippen LogP contribution in [0.5, 0.6) is 0 Å². The van der Waals surface area contributed by atoms with Crippen molar-refractivity contribution in [3.8, 4) is 22.0 Å². The molecule has 2 heterocycles. The summed E-state index contributed by atoms with van der Waals surface area (Å²) in [5.74, 6) is 0.0435. The van der Waals surface area contributed by atoms with Crippen LogP contribution in [0.4, 0.5) is 5.69 Å². The molecule has 1 N–H and O–H groups in total. The Bertz CT molecular complexity index is 1080. The first-order chi connectivity index (χ1) is 13.2. The number of rotatable bonds is 4. The molecule has 0 bridgehead atoms. The monoisotopic (exact) mass is 392 g/mol. The van der Waals surface area contributed by atoms with Crippen molar-refractivity contribution in [2.75, 3.05) is 5.32 Å². The minimum Gasteiger partial charge on any atom is -0.320 e. The molecule has 0 radical (unpaired) electrons. The van der Waals surface area contributed by atoms with Gasteiger partial charge in [0.25, 0.3) is 5.91 Å². The van der Waals surface area contributed by atoms with Gasteiger partial charge in [0.05, 0.1) is 5.69 Å². The standard InChI is InChI=1S/C20H13ClN4OS/c21-17-12-16(23-18(25-17)13-6-2-1-3-7-13)19(26)24-15-9-5-4-8-14(15)20-22-10-11-27-20/h1-12H,(H,24,26). The highest BCUT2D eigenvalue weighted by molar-refractivity contribution is 7.13. The molecule has 132 valence electrons. The van der Waals surface area contributed by atoms with Gasteiger partial charge >= 0.3 is 0 Å². The van der Waals surface area contributed by atoms with Crippen LogP contribution in [-0.4, -0.2) is 20.9 Å². The van der Waals surface area contributed by atoms with Crippen LogP contribution in [0.2, 0.25) is 5.15 Å². The number of aromatic nitrogens is 3. The molecule has 0 spiro atoms. The van der Waals surface area contributed by atoms with E-state index in [2.05, 4.69) is 20.3 Å². The Morgan fingerprint density at radius 3 is 2.56 bits per heavy atom. The Hall–Kier alpha value is -3.09. The van der Waals surface area contributed by atoms with Gasteiger partial charge in [0.15, 0.2) is 5.82 Å². The van der Waals surface area contributed by atoms with Crippen LogP contribution in [0.1, 0.15) is 10.5 Å². The zero-order chi connectivity index (χ0) is 18.6. The minimum atomic E-state index is -0.361. The van der Waals surface area contributed by atoms with Gasteiger partial charge in [-0.3, -0.25) is 4.79 Å². The first kappa shape index (κ1) is 17.3. The number of carbonyl (C=O) groups excluding carboxylic acids is 1. The van der Waals surface area contributed by atoms with Gasteiger partial charge in [-0.05, 0) is 12.1 Å². The predicted molar refractivity (Wildman–Crippen MR) is 108 cm³/mol. The smallest absolute Gasteiger partial charge is 0.274 e. The molecule has 0 saturated heterocycles. The number of hydrogen-bond acceptors (Lipinski definition) is 5. The van der Waals surface area contributed by atoms with Gasteiger partial charge in [-0.15, -0.1) is 11.3 Å². The Kier molecular flexibility index (Phi) is 4.91. The average molecular weight is 393 g/mol. The average Bonchev–Trinajstić information content (AvgIpc) is 3.23. The number of para-hydroxylation sites is 1. The quantitative estimate of drug-likeness (QED) is 0.486. The maximum absolute atomic E-state index is 12.8. The molecule has 7 heteroatoms. The fourth-order valence-corrected chi connectivity index (χ4v) is 3.43. The second-order valence-electron chi connectivity index (χ2n) is 5.60. The van der Waals surface area contributed by atoms with E-state index in [0.29, 0.717) is 11.5 Å². The van der Waals surface area contributed by atoms with Crippen LogP contribution >= 0.6 is 22.9 Å². The molecule has 0 aliphatic rings. The maximum Gasteiger partial charge on any atom is 0.274 e. The summed E-state index contributed by atoms with van der Waals surface area (Å²) in [6.07, 6.45) is 1.73. The molecule has 4 aromatic rings. The largest absolute Gasteiger partial charge is 0.320 e. The molecule has 1 amide bonds. The summed E-state index contributed by atoms with van der Waals surface area (Å²) in [5, 5.41) is 5.83. The summed E-state index contributed by atoms with van der Waals surface area (Å²) in [7, 11) is 0. The van der Waals surface area contributed by atoms with E-state index >= 15 is 0 Å².